The predicted octanol–water partition coefficient (Wildman–Crippen LogP) is 4.96. The van der Waals surface area contributed by atoms with Crippen molar-refractivity contribution in [2.45, 2.75) is 13.3 Å². The molecule has 0 atom stereocenters. The molecule has 1 saturated heterocycles. The fourth-order valence-electron chi connectivity index (χ4n) is 4.98. The maximum absolute atomic E-state index is 14.2. The van der Waals surface area contributed by atoms with Crippen LogP contribution in [0.1, 0.15) is 27.4 Å². The fraction of sp³-hybridized carbons (Fsp3) is 0.200. The van der Waals surface area contributed by atoms with Crippen molar-refractivity contribution in [2.24, 2.45) is 0 Å². The van der Waals surface area contributed by atoms with E-state index in [1.54, 1.807) is 33.8 Å². The largest absolute Gasteiger partial charge is 0.352 e. The summed E-state index contributed by atoms with van der Waals surface area (Å²) in [6.45, 7) is 3.82. The zero-order valence-electron chi connectivity index (χ0n) is 21.4. The van der Waals surface area contributed by atoms with Gasteiger partial charge < -0.3 is 9.80 Å². The maximum Gasteiger partial charge on any atom is 0.256 e. The molecule has 9 heteroatoms. The van der Waals surface area contributed by atoms with E-state index < -0.39 is 5.82 Å². The van der Waals surface area contributed by atoms with Crippen LogP contribution in [0, 0.1) is 18.6 Å². The van der Waals surface area contributed by atoms with E-state index in [0.717, 1.165) is 22.5 Å². The fourth-order valence-corrected chi connectivity index (χ4v) is 4.98. The Balaban J connectivity index is 1.37. The van der Waals surface area contributed by atoms with Crippen LogP contribution >= 0.6 is 0 Å². The number of halogens is 2. The van der Waals surface area contributed by atoms with E-state index in [-0.39, 0.29) is 17.3 Å². The summed E-state index contributed by atoms with van der Waals surface area (Å²) in [5, 5.41) is 5.55. The van der Waals surface area contributed by atoms with Crippen molar-refractivity contribution in [3.05, 3.63) is 113 Å². The second-order valence-corrected chi connectivity index (χ2v) is 9.56. The molecule has 1 aliphatic rings. The van der Waals surface area contributed by atoms with Gasteiger partial charge in [0.1, 0.15) is 23.3 Å². The van der Waals surface area contributed by atoms with Gasteiger partial charge in [-0.05, 0) is 48.9 Å². The SMILES string of the molecule is Cc1nn(-c2ccc(F)cc2)c2nc(Cc3ccccc3)nc(N3CCN(C(=O)c4ccccc4F)CC3)c12. The molecular weight excluding hydrogens is 498 g/mol. The Morgan fingerprint density at radius 1 is 0.846 bits per heavy atom. The highest BCUT2D eigenvalue weighted by atomic mass is 19.1. The summed E-state index contributed by atoms with van der Waals surface area (Å²) in [6, 6.07) is 22.2. The summed E-state index contributed by atoms with van der Waals surface area (Å²) < 4.78 is 29.6. The van der Waals surface area contributed by atoms with E-state index in [9.17, 15) is 13.6 Å². The van der Waals surface area contributed by atoms with Crippen molar-refractivity contribution < 1.29 is 13.6 Å². The molecule has 6 rings (SSSR count). The molecular formula is C30H26F2N6O. The van der Waals surface area contributed by atoms with Gasteiger partial charge in [0, 0.05) is 32.6 Å². The highest BCUT2D eigenvalue weighted by Crippen LogP contribution is 2.30. The highest BCUT2D eigenvalue weighted by molar-refractivity contribution is 5.95. The number of nitrogens with zero attached hydrogens (tertiary/aromatic N) is 6. The number of hydrogen-bond acceptors (Lipinski definition) is 5. The first-order valence-corrected chi connectivity index (χ1v) is 12.8. The number of aryl methyl sites for hydroxylation is 1. The van der Waals surface area contributed by atoms with Crippen molar-refractivity contribution in [3.63, 3.8) is 0 Å². The Kier molecular flexibility index (Phi) is 6.48. The molecule has 7 nitrogen and oxygen atoms in total. The van der Waals surface area contributed by atoms with Crippen molar-refractivity contribution >= 4 is 22.8 Å². The summed E-state index contributed by atoms with van der Waals surface area (Å²) in [6.07, 6.45) is 0.531. The van der Waals surface area contributed by atoms with Crippen molar-refractivity contribution in [3.8, 4) is 5.69 Å². The van der Waals surface area contributed by atoms with Gasteiger partial charge in [-0.1, -0.05) is 42.5 Å². The number of piperazine rings is 1. The molecule has 0 bridgehead atoms. The Morgan fingerprint density at radius 3 is 2.26 bits per heavy atom. The lowest BCUT2D eigenvalue weighted by molar-refractivity contribution is 0.0742. The Morgan fingerprint density at radius 2 is 1.54 bits per heavy atom. The molecule has 1 fully saturated rings. The van der Waals surface area contributed by atoms with Crippen LogP contribution in [0.25, 0.3) is 16.7 Å². The lowest BCUT2D eigenvalue weighted by Gasteiger charge is -2.36. The monoisotopic (exact) mass is 524 g/mol. The molecule has 1 amide bonds. The van der Waals surface area contributed by atoms with Crippen LogP contribution in [0.2, 0.25) is 0 Å². The number of carbonyl (C=O) groups excluding carboxylic acids is 1. The summed E-state index contributed by atoms with van der Waals surface area (Å²) in [7, 11) is 0. The van der Waals surface area contributed by atoms with Gasteiger partial charge in [0.25, 0.3) is 5.91 Å². The summed E-state index contributed by atoms with van der Waals surface area (Å²) in [5.74, 6) is 0.226. The summed E-state index contributed by atoms with van der Waals surface area (Å²) >= 11 is 0. The molecule has 0 N–H and O–H groups in total. The van der Waals surface area contributed by atoms with E-state index in [0.29, 0.717) is 49.8 Å². The van der Waals surface area contributed by atoms with Crippen molar-refractivity contribution in [1.82, 2.24) is 24.6 Å². The second-order valence-electron chi connectivity index (χ2n) is 9.56. The standard InChI is InChI=1S/C30H26F2N6O/c1-20-27-28(36-15-17-37(18-16-36)30(39)24-9-5-6-10-25(24)32)33-26(19-21-7-3-2-4-8-21)34-29(27)38(35-20)23-13-11-22(31)12-14-23/h2-14H,15-19H2,1H3. The number of fused-ring (bicyclic) bond motifs is 1. The minimum absolute atomic E-state index is 0.0805. The first-order valence-electron chi connectivity index (χ1n) is 12.8. The number of hydrogen-bond donors (Lipinski definition) is 0. The normalized spacial score (nSPS) is 13.7. The Bertz CT molecular complexity index is 1640. The van der Waals surface area contributed by atoms with Gasteiger partial charge in [-0.25, -0.2) is 23.4 Å². The predicted molar refractivity (Wildman–Crippen MR) is 145 cm³/mol. The molecule has 0 saturated carbocycles. The molecule has 0 aliphatic carbocycles. The van der Waals surface area contributed by atoms with Crippen LogP contribution in [0.4, 0.5) is 14.6 Å². The number of carbonyl (C=O) groups is 1. The number of benzene rings is 3. The van der Waals surface area contributed by atoms with Gasteiger partial charge in [0.05, 0.1) is 22.3 Å². The van der Waals surface area contributed by atoms with Gasteiger partial charge in [-0.15, -0.1) is 0 Å². The molecule has 3 aromatic carbocycles. The van der Waals surface area contributed by atoms with Crippen LogP contribution in [-0.4, -0.2) is 56.7 Å². The molecule has 5 aromatic rings. The van der Waals surface area contributed by atoms with Gasteiger partial charge in [-0.3, -0.25) is 4.79 Å². The van der Waals surface area contributed by atoms with E-state index >= 15 is 0 Å². The third-order valence-corrected chi connectivity index (χ3v) is 6.98. The lowest BCUT2D eigenvalue weighted by Crippen LogP contribution is -2.49. The quantitative estimate of drug-likeness (QED) is 0.325. The number of anilines is 1. The van der Waals surface area contributed by atoms with Gasteiger partial charge >= 0.3 is 0 Å². The molecule has 39 heavy (non-hydrogen) atoms. The highest BCUT2D eigenvalue weighted by Gasteiger charge is 2.28. The first-order chi connectivity index (χ1) is 19.0. The van der Waals surface area contributed by atoms with Crippen molar-refractivity contribution in [1.29, 1.82) is 0 Å². The molecule has 2 aromatic heterocycles. The Labute approximate surface area is 224 Å². The van der Waals surface area contributed by atoms with Crippen LogP contribution in [0.15, 0.2) is 78.9 Å². The molecule has 0 radical (unpaired) electrons. The lowest BCUT2D eigenvalue weighted by atomic mass is 10.1. The third kappa shape index (κ3) is 4.83. The van der Waals surface area contributed by atoms with Crippen molar-refractivity contribution in [2.75, 3.05) is 31.1 Å². The van der Waals surface area contributed by atoms with E-state index in [1.165, 1.54) is 24.3 Å². The second kappa shape index (κ2) is 10.2. The van der Waals surface area contributed by atoms with E-state index in [4.69, 9.17) is 15.1 Å². The van der Waals surface area contributed by atoms with Gasteiger partial charge in [-0.2, -0.15) is 5.10 Å². The van der Waals surface area contributed by atoms with Crippen LogP contribution < -0.4 is 4.90 Å². The summed E-state index contributed by atoms with van der Waals surface area (Å²) in [5.41, 5.74) is 3.25. The van der Waals surface area contributed by atoms with Crippen LogP contribution in [0.3, 0.4) is 0 Å². The molecule has 196 valence electrons. The van der Waals surface area contributed by atoms with Crippen LogP contribution in [-0.2, 0) is 6.42 Å². The maximum atomic E-state index is 14.2. The summed E-state index contributed by atoms with van der Waals surface area (Å²) in [4.78, 5) is 26.7. The smallest absolute Gasteiger partial charge is 0.256 e. The molecule has 3 heterocycles. The Hall–Kier alpha value is -4.66. The number of rotatable bonds is 5. The third-order valence-electron chi connectivity index (χ3n) is 6.98. The average Bonchev–Trinajstić information content (AvgIpc) is 3.29. The average molecular weight is 525 g/mol. The van der Waals surface area contributed by atoms with Gasteiger partial charge in [0.15, 0.2) is 5.65 Å². The molecule has 0 unspecified atom stereocenters. The van der Waals surface area contributed by atoms with Crippen LogP contribution in [0.5, 0.6) is 0 Å². The number of amides is 1. The molecule has 0 spiro atoms. The van der Waals surface area contributed by atoms with E-state index in [1.807, 2.05) is 37.3 Å². The van der Waals surface area contributed by atoms with Gasteiger partial charge in [0.2, 0.25) is 0 Å². The molecule has 1 aliphatic heterocycles. The zero-order chi connectivity index (χ0) is 26.9. The zero-order valence-corrected chi connectivity index (χ0v) is 21.4. The minimum atomic E-state index is -0.517. The van der Waals surface area contributed by atoms with E-state index in [2.05, 4.69) is 4.90 Å². The minimum Gasteiger partial charge on any atom is -0.352 e. The number of aromatic nitrogens is 4. The first kappa shape index (κ1) is 24.7. The topological polar surface area (TPSA) is 67.2 Å².